The lowest BCUT2D eigenvalue weighted by Crippen LogP contribution is -2.39. The Morgan fingerprint density at radius 3 is 2.40 bits per heavy atom. The summed E-state index contributed by atoms with van der Waals surface area (Å²) < 4.78 is 10.9. The molecule has 1 aliphatic rings. The van der Waals surface area contributed by atoms with Crippen LogP contribution in [0.3, 0.4) is 0 Å². The number of hydrogen-bond donors (Lipinski definition) is 1. The number of hydrogen-bond acceptors (Lipinski definition) is 5. The van der Waals surface area contributed by atoms with E-state index < -0.39 is 0 Å². The molecule has 6 nitrogen and oxygen atoms in total. The monoisotopic (exact) mass is 340 g/mol. The molecule has 4 rings (SSSR count). The number of rotatable bonds is 3. The molecule has 1 fully saturated rings. The molecule has 0 amide bonds. The third-order valence-electron chi connectivity index (χ3n) is 5.03. The van der Waals surface area contributed by atoms with Crippen molar-refractivity contribution in [2.24, 2.45) is 11.8 Å². The molecule has 1 saturated heterocycles. The number of anilines is 1. The van der Waals surface area contributed by atoms with Crippen LogP contribution in [-0.2, 0) is 0 Å². The zero-order valence-electron chi connectivity index (χ0n) is 15.2. The number of ether oxygens (including phenoxy) is 2. The Morgan fingerprint density at radius 2 is 1.72 bits per heavy atom. The van der Waals surface area contributed by atoms with Gasteiger partial charge in [-0.1, -0.05) is 13.8 Å². The second kappa shape index (κ2) is 6.10. The molecule has 0 bridgehead atoms. The standard InChI is InChI=1S/C19H24N4O2/c1-11-5-12(2)9-23(8-11)19-18-17(20-10-21-19)13-6-15(24-3)16(25-4)7-14(13)22-18/h6-7,10-12,22H,5,8-9H2,1-4H3/t11-,12+. The van der Waals surface area contributed by atoms with Crippen LogP contribution in [0.15, 0.2) is 18.5 Å². The van der Waals surface area contributed by atoms with Gasteiger partial charge in [-0.25, -0.2) is 9.97 Å². The van der Waals surface area contributed by atoms with Crippen LogP contribution in [0.5, 0.6) is 11.5 Å². The Hall–Kier alpha value is -2.50. The van der Waals surface area contributed by atoms with Crippen molar-refractivity contribution in [3.63, 3.8) is 0 Å². The summed E-state index contributed by atoms with van der Waals surface area (Å²) in [5, 5.41) is 1.02. The maximum Gasteiger partial charge on any atom is 0.162 e. The largest absolute Gasteiger partial charge is 0.493 e. The van der Waals surface area contributed by atoms with Crippen LogP contribution in [0.1, 0.15) is 20.3 Å². The lowest BCUT2D eigenvalue weighted by molar-refractivity contribution is 0.355. The topological polar surface area (TPSA) is 63.3 Å². The number of fused-ring (bicyclic) bond motifs is 3. The fourth-order valence-corrected chi connectivity index (χ4v) is 4.08. The number of nitrogens with zero attached hydrogens (tertiary/aromatic N) is 3. The minimum atomic E-state index is 0.665. The quantitative estimate of drug-likeness (QED) is 0.789. The van der Waals surface area contributed by atoms with Gasteiger partial charge in [-0.05, 0) is 24.3 Å². The molecule has 0 radical (unpaired) electrons. The second-order valence-corrected chi connectivity index (χ2v) is 7.15. The molecule has 1 N–H and O–H groups in total. The first-order valence-electron chi connectivity index (χ1n) is 8.74. The molecule has 0 aliphatic carbocycles. The Labute approximate surface area is 147 Å². The van der Waals surface area contributed by atoms with E-state index in [1.807, 2.05) is 12.1 Å². The highest BCUT2D eigenvalue weighted by Gasteiger charge is 2.25. The smallest absolute Gasteiger partial charge is 0.162 e. The van der Waals surface area contributed by atoms with E-state index in [-0.39, 0.29) is 0 Å². The molecular weight excluding hydrogens is 316 g/mol. The van der Waals surface area contributed by atoms with Crippen molar-refractivity contribution in [1.29, 1.82) is 0 Å². The van der Waals surface area contributed by atoms with E-state index in [4.69, 9.17) is 9.47 Å². The van der Waals surface area contributed by atoms with Crippen molar-refractivity contribution >= 4 is 27.8 Å². The molecule has 0 unspecified atom stereocenters. The van der Waals surface area contributed by atoms with Crippen molar-refractivity contribution < 1.29 is 9.47 Å². The second-order valence-electron chi connectivity index (χ2n) is 7.15. The Kier molecular flexibility index (Phi) is 3.90. The predicted molar refractivity (Wildman–Crippen MR) is 99.7 cm³/mol. The molecule has 2 atom stereocenters. The SMILES string of the molecule is COc1cc2[nH]c3c(N4C[C@H](C)C[C@H](C)C4)ncnc3c2cc1OC. The Morgan fingerprint density at radius 1 is 1.04 bits per heavy atom. The van der Waals surface area contributed by atoms with Crippen LogP contribution in [0.4, 0.5) is 5.82 Å². The highest BCUT2D eigenvalue weighted by atomic mass is 16.5. The Bertz CT molecular complexity index is 911. The molecule has 132 valence electrons. The predicted octanol–water partition coefficient (Wildman–Crippen LogP) is 3.61. The normalized spacial score (nSPS) is 21.0. The lowest BCUT2D eigenvalue weighted by Gasteiger charge is -2.35. The van der Waals surface area contributed by atoms with Crippen molar-refractivity contribution in [2.45, 2.75) is 20.3 Å². The van der Waals surface area contributed by atoms with Crippen LogP contribution >= 0.6 is 0 Å². The summed E-state index contributed by atoms with van der Waals surface area (Å²) in [5.74, 6) is 3.72. The summed E-state index contributed by atoms with van der Waals surface area (Å²) in [6.07, 6.45) is 2.93. The van der Waals surface area contributed by atoms with Crippen molar-refractivity contribution in [3.8, 4) is 11.5 Å². The van der Waals surface area contributed by atoms with Gasteiger partial charge in [-0.15, -0.1) is 0 Å². The number of piperidine rings is 1. The average Bonchev–Trinajstić information content (AvgIpc) is 2.97. The number of H-pyrrole nitrogens is 1. The van der Waals surface area contributed by atoms with Crippen molar-refractivity contribution in [2.75, 3.05) is 32.2 Å². The molecule has 0 spiro atoms. The van der Waals surface area contributed by atoms with Crippen LogP contribution in [-0.4, -0.2) is 42.3 Å². The van der Waals surface area contributed by atoms with E-state index in [0.29, 0.717) is 23.3 Å². The fourth-order valence-electron chi connectivity index (χ4n) is 4.08. The average molecular weight is 340 g/mol. The number of nitrogens with one attached hydrogen (secondary N) is 1. The molecule has 1 aliphatic heterocycles. The maximum absolute atomic E-state index is 5.44. The number of aromatic amines is 1. The summed E-state index contributed by atoms with van der Waals surface area (Å²) in [7, 11) is 3.30. The molecule has 6 heteroatoms. The van der Waals surface area contributed by atoms with Gasteiger partial charge in [-0.3, -0.25) is 0 Å². The first kappa shape index (κ1) is 16.0. The van der Waals surface area contributed by atoms with Crippen LogP contribution in [0.2, 0.25) is 0 Å². The van der Waals surface area contributed by atoms with Gasteiger partial charge < -0.3 is 19.4 Å². The fraction of sp³-hybridized carbons (Fsp3) is 0.474. The molecule has 3 aromatic rings. The van der Waals surface area contributed by atoms with E-state index in [1.165, 1.54) is 6.42 Å². The lowest BCUT2D eigenvalue weighted by atomic mass is 9.92. The Balaban J connectivity index is 1.89. The molecule has 1 aromatic carbocycles. The maximum atomic E-state index is 5.44. The first-order chi connectivity index (χ1) is 12.1. The third kappa shape index (κ3) is 2.65. The summed E-state index contributed by atoms with van der Waals surface area (Å²) in [6, 6.07) is 3.94. The number of methoxy groups -OCH3 is 2. The van der Waals surface area contributed by atoms with Gasteiger partial charge in [0.15, 0.2) is 17.3 Å². The zero-order chi connectivity index (χ0) is 17.6. The molecular formula is C19H24N4O2. The van der Waals surface area contributed by atoms with E-state index in [9.17, 15) is 0 Å². The van der Waals surface area contributed by atoms with E-state index in [1.54, 1.807) is 20.5 Å². The van der Waals surface area contributed by atoms with Crippen LogP contribution < -0.4 is 14.4 Å². The van der Waals surface area contributed by atoms with Gasteiger partial charge in [0.2, 0.25) is 0 Å². The van der Waals surface area contributed by atoms with Gasteiger partial charge in [0.1, 0.15) is 17.4 Å². The number of aromatic nitrogens is 3. The summed E-state index contributed by atoms with van der Waals surface area (Å²) in [5.41, 5.74) is 2.88. The van der Waals surface area contributed by atoms with Crippen molar-refractivity contribution in [3.05, 3.63) is 18.5 Å². The van der Waals surface area contributed by atoms with Crippen LogP contribution in [0, 0.1) is 11.8 Å². The van der Waals surface area contributed by atoms with E-state index >= 15 is 0 Å². The van der Waals surface area contributed by atoms with Crippen molar-refractivity contribution in [1.82, 2.24) is 15.0 Å². The number of benzene rings is 1. The minimum Gasteiger partial charge on any atom is -0.493 e. The summed E-state index contributed by atoms with van der Waals surface area (Å²) >= 11 is 0. The summed E-state index contributed by atoms with van der Waals surface area (Å²) in [6.45, 7) is 6.67. The third-order valence-corrected chi connectivity index (χ3v) is 5.03. The van der Waals surface area contributed by atoms with E-state index in [0.717, 1.165) is 40.8 Å². The molecule has 0 saturated carbocycles. The molecule has 25 heavy (non-hydrogen) atoms. The molecule has 2 aromatic heterocycles. The van der Waals surface area contributed by atoms with Crippen LogP contribution in [0.25, 0.3) is 21.9 Å². The van der Waals surface area contributed by atoms with Gasteiger partial charge in [-0.2, -0.15) is 0 Å². The zero-order valence-corrected chi connectivity index (χ0v) is 15.2. The highest BCUT2D eigenvalue weighted by Crippen LogP contribution is 2.37. The highest BCUT2D eigenvalue weighted by molar-refractivity contribution is 6.09. The van der Waals surface area contributed by atoms with Gasteiger partial charge in [0, 0.05) is 24.5 Å². The minimum absolute atomic E-state index is 0.665. The van der Waals surface area contributed by atoms with Gasteiger partial charge >= 0.3 is 0 Å². The first-order valence-corrected chi connectivity index (χ1v) is 8.74. The summed E-state index contributed by atoms with van der Waals surface area (Å²) in [4.78, 5) is 15.0. The van der Waals surface area contributed by atoms with E-state index in [2.05, 4.69) is 33.7 Å². The van der Waals surface area contributed by atoms with Gasteiger partial charge in [0.05, 0.1) is 19.7 Å². The molecule has 3 heterocycles. The van der Waals surface area contributed by atoms with Gasteiger partial charge in [0.25, 0.3) is 0 Å².